The fourth-order valence-electron chi connectivity index (χ4n) is 6.58. The number of anilines is 2. The topological polar surface area (TPSA) is 147 Å². The fourth-order valence-corrected chi connectivity index (χ4v) is 6.91. The van der Waals surface area contributed by atoms with E-state index in [9.17, 15) is 14.7 Å². The third-order valence-electron chi connectivity index (χ3n) is 9.18. The number of nitrogens with zero attached hydrogens (tertiary/aromatic N) is 3. The van der Waals surface area contributed by atoms with E-state index in [-0.39, 0.29) is 0 Å². The molecule has 294 valence electrons. The van der Waals surface area contributed by atoms with Gasteiger partial charge in [-0.2, -0.15) is 0 Å². The Labute approximate surface area is 335 Å². The lowest BCUT2D eigenvalue weighted by atomic mass is 10.1. The van der Waals surface area contributed by atoms with Crippen LogP contribution < -0.4 is 25.4 Å². The van der Waals surface area contributed by atoms with Crippen LogP contribution in [0.4, 0.5) is 16.2 Å². The zero-order chi connectivity index (χ0) is 40.0. The number of methoxy groups -OCH3 is 2. The van der Waals surface area contributed by atoms with Gasteiger partial charge in [-0.25, -0.2) is 14.8 Å². The van der Waals surface area contributed by atoms with Gasteiger partial charge in [-0.15, -0.1) is 0 Å². The molecule has 0 aliphatic heterocycles. The summed E-state index contributed by atoms with van der Waals surface area (Å²) in [6.07, 6.45) is 0.312. The number of pyridine rings is 2. The monoisotopic (exact) mass is 800 g/mol. The lowest BCUT2D eigenvalue weighted by molar-refractivity contribution is -0.134. The quantitative estimate of drug-likeness (QED) is 0.0590. The van der Waals surface area contributed by atoms with Gasteiger partial charge in [0.1, 0.15) is 23.1 Å². The second-order valence-electron chi connectivity index (χ2n) is 14.3. The van der Waals surface area contributed by atoms with Crippen molar-refractivity contribution < 1.29 is 28.9 Å². The number of amides is 2. The summed E-state index contributed by atoms with van der Waals surface area (Å²) >= 11 is 12.7. The van der Waals surface area contributed by atoms with E-state index in [2.05, 4.69) is 16.0 Å². The van der Waals surface area contributed by atoms with Crippen molar-refractivity contribution in [2.24, 2.45) is 0 Å². The fraction of sp³-hybridized carbons (Fsp3) is 0.333. The highest BCUT2D eigenvalue weighted by atomic mass is 35.5. The number of benzene rings is 4. The molecule has 6 aromatic rings. The first-order valence-corrected chi connectivity index (χ1v) is 19.1. The molecule has 0 radical (unpaired) electrons. The van der Waals surface area contributed by atoms with E-state index in [4.69, 9.17) is 47.4 Å². The maximum atomic E-state index is 14.0. The number of carbonyl (C=O) groups excluding carboxylic acids is 2. The summed E-state index contributed by atoms with van der Waals surface area (Å²) in [7, 11) is 3.24. The highest BCUT2D eigenvalue weighted by molar-refractivity contribution is 6.32. The molecule has 0 fully saturated rings. The Balaban J connectivity index is 1.21. The predicted octanol–water partition coefficient (Wildman–Crippen LogP) is 8.43. The Kier molecular flexibility index (Phi) is 12.7. The Morgan fingerprint density at radius 2 is 1.20 bits per heavy atom. The minimum atomic E-state index is -1.19. The molecule has 12 nitrogen and oxygen atoms in total. The molecule has 1 unspecified atom stereocenters. The molecule has 0 bridgehead atoms. The molecule has 0 aliphatic rings. The van der Waals surface area contributed by atoms with E-state index >= 15 is 0 Å². The Bertz CT molecular complexity index is 2250. The number of halogens is 2. The van der Waals surface area contributed by atoms with Gasteiger partial charge in [0.2, 0.25) is 5.91 Å². The van der Waals surface area contributed by atoms with E-state index in [1.54, 1.807) is 39.9 Å². The standard InChI is InChI=1S/C42H46Cl2N6O6/c1-42(2,3)56-41(53)49-37(24-51)40(52)50(18-6-16-45-38-29-12-8-25(43)20-35(29)47-33-14-10-27(54-4)22-31(33)38)19-7-17-46-39-30-13-9-26(44)21-36(30)48-34-15-11-28(55-5)23-32(34)39/h8-15,20-23,37,51H,6-7,16-19,24H2,1-5H3,(H,45,47)(H,46,48)(H,49,53). The Morgan fingerprint density at radius 1 is 0.714 bits per heavy atom. The highest BCUT2D eigenvalue weighted by Gasteiger charge is 2.27. The molecule has 0 aliphatic carbocycles. The van der Waals surface area contributed by atoms with Crippen LogP contribution in [0.3, 0.4) is 0 Å². The molecular formula is C42H46Cl2N6O6. The van der Waals surface area contributed by atoms with Gasteiger partial charge in [0.15, 0.2) is 0 Å². The van der Waals surface area contributed by atoms with Gasteiger partial charge < -0.3 is 40.2 Å². The van der Waals surface area contributed by atoms with Crippen LogP contribution in [0, 0.1) is 0 Å². The predicted molar refractivity (Wildman–Crippen MR) is 225 cm³/mol. The van der Waals surface area contributed by atoms with Gasteiger partial charge in [0.25, 0.3) is 0 Å². The molecule has 0 spiro atoms. The number of aliphatic hydroxyl groups is 1. The number of ether oxygens (including phenoxy) is 3. The average molecular weight is 802 g/mol. The van der Waals surface area contributed by atoms with Gasteiger partial charge >= 0.3 is 6.09 Å². The summed E-state index contributed by atoms with van der Waals surface area (Å²) < 4.78 is 16.4. The molecule has 56 heavy (non-hydrogen) atoms. The minimum absolute atomic E-state index is 0.339. The number of aliphatic hydroxyl groups excluding tert-OH is 1. The summed E-state index contributed by atoms with van der Waals surface area (Å²) in [5.74, 6) is 0.977. The van der Waals surface area contributed by atoms with Crippen molar-refractivity contribution in [2.45, 2.75) is 45.3 Å². The van der Waals surface area contributed by atoms with Crippen LogP contribution in [0.15, 0.2) is 72.8 Å². The zero-order valence-corrected chi connectivity index (χ0v) is 33.6. The normalized spacial score (nSPS) is 12.1. The third kappa shape index (κ3) is 9.55. The second-order valence-corrected chi connectivity index (χ2v) is 15.2. The smallest absolute Gasteiger partial charge is 0.408 e. The van der Waals surface area contributed by atoms with E-state index in [1.807, 2.05) is 72.8 Å². The molecule has 4 N–H and O–H groups in total. The van der Waals surface area contributed by atoms with E-state index in [0.717, 1.165) is 55.0 Å². The second kappa shape index (κ2) is 17.7. The lowest BCUT2D eigenvalue weighted by Gasteiger charge is -2.28. The van der Waals surface area contributed by atoms with Crippen molar-refractivity contribution in [3.8, 4) is 11.5 Å². The van der Waals surface area contributed by atoms with Crippen LogP contribution in [0.2, 0.25) is 10.0 Å². The number of alkyl carbamates (subject to hydrolysis) is 1. The van der Waals surface area contributed by atoms with Crippen LogP contribution in [0.1, 0.15) is 33.6 Å². The van der Waals surface area contributed by atoms with Crippen LogP contribution >= 0.6 is 23.2 Å². The summed E-state index contributed by atoms with van der Waals surface area (Å²) in [5.41, 5.74) is 4.02. The Morgan fingerprint density at radius 3 is 1.62 bits per heavy atom. The number of rotatable bonds is 15. The maximum Gasteiger partial charge on any atom is 0.408 e. The van der Waals surface area contributed by atoms with Gasteiger partial charge in [-0.1, -0.05) is 23.2 Å². The van der Waals surface area contributed by atoms with Crippen LogP contribution in [0.5, 0.6) is 11.5 Å². The first kappa shape index (κ1) is 40.4. The van der Waals surface area contributed by atoms with E-state index in [0.29, 0.717) is 60.6 Å². The van der Waals surface area contributed by atoms with Crippen LogP contribution in [0.25, 0.3) is 43.6 Å². The lowest BCUT2D eigenvalue weighted by Crippen LogP contribution is -2.52. The molecule has 0 saturated heterocycles. The molecule has 4 aromatic carbocycles. The SMILES string of the molecule is COc1ccc2nc3cc(Cl)ccc3c(NCCCN(CCCNc3c4ccc(Cl)cc4nc4ccc(OC)cc34)C(=O)C(CO)NC(=O)OC(C)(C)C)c2c1. The van der Waals surface area contributed by atoms with E-state index < -0.39 is 30.3 Å². The van der Waals surface area contributed by atoms with Crippen molar-refractivity contribution in [1.29, 1.82) is 0 Å². The summed E-state index contributed by atoms with van der Waals surface area (Å²) in [5, 5.41) is 24.7. The van der Waals surface area contributed by atoms with Crippen molar-refractivity contribution in [3.63, 3.8) is 0 Å². The van der Waals surface area contributed by atoms with Gasteiger partial charge in [0.05, 0.1) is 54.3 Å². The molecule has 6 rings (SSSR count). The number of hydrogen-bond donors (Lipinski definition) is 4. The molecule has 14 heteroatoms. The molecule has 2 aromatic heterocycles. The minimum Gasteiger partial charge on any atom is -0.497 e. The van der Waals surface area contributed by atoms with Crippen LogP contribution in [-0.2, 0) is 9.53 Å². The van der Waals surface area contributed by atoms with Crippen LogP contribution in [-0.4, -0.2) is 90.6 Å². The molecule has 2 amide bonds. The largest absolute Gasteiger partial charge is 0.497 e. The first-order valence-electron chi connectivity index (χ1n) is 18.4. The highest BCUT2D eigenvalue weighted by Crippen LogP contribution is 2.36. The number of nitrogens with one attached hydrogen (secondary N) is 3. The van der Waals surface area contributed by atoms with Crippen molar-refractivity contribution in [1.82, 2.24) is 20.2 Å². The molecular weight excluding hydrogens is 755 g/mol. The summed E-state index contributed by atoms with van der Waals surface area (Å²) in [6.45, 7) is 6.27. The Hall–Kier alpha value is -5.30. The maximum absolute atomic E-state index is 14.0. The van der Waals surface area contributed by atoms with E-state index in [1.165, 1.54) is 0 Å². The number of carbonyl (C=O) groups is 2. The van der Waals surface area contributed by atoms with Crippen molar-refractivity contribution in [3.05, 3.63) is 82.8 Å². The van der Waals surface area contributed by atoms with Gasteiger partial charge in [0, 0.05) is 57.8 Å². The van der Waals surface area contributed by atoms with Gasteiger partial charge in [-0.3, -0.25) is 4.79 Å². The first-order chi connectivity index (χ1) is 26.9. The zero-order valence-electron chi connectivity index (χ0n) is 32.0. The average Bonchev–Trinajstić information content (AvgIpc) is 3.16. The molecule has 2 heterocycles. The number of fused-ring (bicyclic) bond motifs is 4. The van der Waals surface area contributed by atoms with Crippen molar-refractivity contribution >= 4 is 90.2 Å². The number of aromatic nitrogens is 2. The molecule has 1 atom stereocenters. The third-order valence-corrected chi connectivity index (χ3v) is 9.65. The summed E-state index contributed by atoms with van der Waals surface area (Å²) in [6, 6.07) is 21.4. The summed E-state index contributed by atoms with van der Waals surface area (Å²) in [4.78, 5) is 38.0. The van der Waals surface area contributed by atoms with Crippen molar-refractivity contribution in [2.75, 3.05) is 57.6 Å². The number of hydrogen-bond acceptors (Lipinski definition) is 10. The van der Waals surface area contributed by atoms with Gasteiger partial charge in [-0.05, 0) is 106 Å². The molecule has 0 saturated carbocycles.